The van der Waals surface area contributed by atoms with Crippen molar-refractivity contribution in [2.75, 3.05) is 6.61 Å². The Kier molecular flexibility index (Phi) is 3.71. The first-order valence-electron chi connectivity index (χ1n) is 10.2. The van der Waals surface area contributed by atoms with Gasteiger partial charge in [-0.3, -0.25) is 10.1 Å². The van der Waals surface area contributed by atoms with Crippen LogP contribution in [0.4, 0.5) is 5.69 Å². The van der Waals surface area contributed by atoms with Crippen LogP contribution in [0.3, 0.4) is 0 Å². The first-order chi connectivity index (χ1) is 15.2. The van der Waals surface area contributed by atoms with Gasteiger partial charge >= 0.3 is 0 Å². The van der Waals surface area contributed by atoms with Gasteiger partial charge in [0.1, 0.15) is 5.75 Å². The predicted octanol–water partition coefficient (Wildman–Crippen LogP) is 5.67. The van der Waals surface area contributed by atoms with E-state index in [0.29, 0.717) is 18.8 Å². The van der Waals surface area contributed by atoms with E-state index < -0.39 is 5.41 Å². The van der Waals surface area contributed by atoms with E-state index in [0.717, 1.165) is 38.5 Å². The molecule has 0 bridgehead atoms. The molecule has 0 fully saturated rings. The molecule has 0 spiro atoms. The summed E-state index contributed by atoms with van der Waals surface area (Å²) in [6.45, 7) is 0.518. The Balaban J connectivity index is 1.76. The smallest absolute Gasteiger partial charge is 0.270 e. The molecule has 0 radical (unpaired) electrons. The molecule has 3 aromatic carbocycles. The minimum atomic E-state index is -0.598. The average molecular weight is 409 g/mol. The summed E-state index contributed by atoms with van der Waals surface area (Å²) >= 11 is 0. The zero-order chi connectivity index (χ0) is 21.0. The number of benzene rings is 3. The lowest BCUT2D eigenvalue weighted by Crippen LogP contribution is -2.35. The molecular weight excluding hydrogens is 390 g/mol. The van der Waals surface area contributed by atoms with Crippen molar-refractivity contribution in [2.24, 2.45) is 0 Å². The summed E-state index contributed by atoms with van der Waals surface area (Å²) in [6.07, 6.45) is 4.76. The molecule has 0 saturated heterocycles. The zero-order valence-electron chi connectivity index (χ0n) is 16.6. The quantitative estimate of drug-likeness (QED) is 0.297. The molecule has 3 heterocycles. The van der Waals surface area contributed by atoms with E-state index >= 15 is 0 Å². The first-order valence-corrected chi connectivity index (χ1v) is 10.2. The van der Waals surface area contributed by atoms with Crippen molar-refractivity contribution in [1.82, 2.24) is 9.97 Å². The number of nitrogens with zero attached hydrogens (tertiary/aromatic N) is 1. The van der Waals surface area contributed by atoms with Gasteiger partial charge in [-0.25, -0.2) is 0 Å². The number of non-ortho nitro benzene ring substituents is 1. The third-order valence-electron chi connectivity index (χ3n) is 6.47. The number of nitro groups is 1. The van der Waals surface area contributed by atoms with Gasteiger partial charge in [0.15, 0.2) is 0 Å². The summed E-state index contributed by atoms with van der Waals surface area (Å²) in [5.74, 6) is 0.687. The van der Waals surface area contributed by atoms with E-state index in [1.807, 2.05) is 36.7 Å². The molecule has 6 heteroatoms. The summed E-state index contributed by atoms with van der Waals surface area (Å²) in [4.78, 5) is 18.1. The second-order valence-electron chi connectivity index (χ2n) is 7.94. The molecule has 31 heavy (non-hydrogen) atoms. The SMILES string of the molecule is O=[N+]([O-])c1ccc2c(c1)C(c1c[nH]c3ccccc13)(c1c[nH]c3ccccc13)CCO2. The molecule has 2 N–H and O–H groups in total. The van der Waals surface area contributed by atoms with Crippen LogP contribution in [0.5, 0.6) is 5.75 Å². The van der Waals surface area contributed by atoms with Gasteiger partial charge in [-0.05, 0) is 35.7 Å². The number of para-hydroxylation sites is 2. The fraction of sp³-hybridized carbons (Fsp3) is 0.120. The highest BCUT2D eigenvalue weighted by atomic mass is 16.6. The highest BCUT2D eigenvalue weighted by molar-refractivity contribution is 5.91. The van der Waals surface area contributed by atoms with Crippen LogP contribution in [-0.4, -0.2) is 21.5 Å². The lowest BCUT2D eigenvalue weighted by Gasteiger charge is -2.39. The summed E-state index contributed by atoms with van der Waals surface area (Å²) in [7, 11) is 0. The molecule has 0 aliphatic carbocycles. The molecule has 1 aliphatic heterocycles. The van der Waals surface area contributed by atoms with Crippen LogP contribution >= 0.6 is 0 Å². The molecule has 5 aromatic rings. The van der Waals surface area contributed by atoms with Crippen molar-refractivity contribution in [3.63, 3.8) is 0 Å². The number of hydrogen-bond acceptors (Lipinski definition) is 3. The predicted molar refractivity (Wildman–Crippen MR) is 120 cm³/mol. The molecule has 6 rings (SSSR count). The largest absolute Gasteiger partial charge is 0.493 e. The second kappa shape index (κ2) is 6.47. The summed E-state index contributed by atoms with van der Waals surface area (Å²) < 4.78 is 5.99. The number of aromatic amines is 2. The number of aromatic nitrogens is 2. The highest BCUT2D eigenvalue weighted by Gasteiger charge is 2.45. The topological polar surface area (TPSA) is 84.0 Å². The molecule has 0 amide bonds. The maximum absolute atomic E-state index is 11.6. The van der Waals surface area contributed by atoms with Gasteiger partial charge in [0.25, 0.3) is 5.69 Å². The first kappa shape index (κ1) is 17.8. The van der Waals surface area contributed by atoms with Crippen molar-refractivity contribution in [3.8, 4) is 5.75 Å². The van der Waals surface area contributed by atoms with Gasteiger partial charge in [-0.2, -0.15) is 0 Å². The van der Waals surface area contributed by atoms with E-state index in [-0.39, 0.29) is 10.6 Å². The van der Waals surface area contributed by atoms with Crippen LogP contribution < -0.4 is 4.74 Å². The lowest BCUT2D eigenvalue weighted by atomic mass is 9.66. The minimum absolute atomic E-state index is 0.0632. The maximum atomic E-state index is 11.6. The van der Waals surface area contributed by atoms with E-state index in [2.05, 4.69) is 34.2 Å². The van der Waals surface area contributed by atoms with Gasteiger partial charge in [0.05, 0.1) is 16.9 Å². The number of H-pyrrole nitrogens is 2. The Bertz CT molecular complexity index is 1390. The Hall–Kier alpha value is -4.06. The van der Waals surface area contributed by atoms with Crippen LogP contribution in [0.1, 0.15) is 23.1 Å². The molecule has 1 aliphatic rings. The van der Waals surface area contributed by atoms with Crippen molar-refractivity contribution < 1.29 is 9.66 Å². The van der Waals surface area contributed by atoms with E-state index in [9.17, 15) is 10.1 Å². The number of rotatable bonds is 3. The summed E-state index contributed by atoms with van der Waals surface area (Å²) in [5, 5.41) is 13.9. The molecule has 0 atom stereocenters. The van der Waals surface area contributed by atoms with Crippen LogP contribution in [0, 0.1) is 10.1 Å². The standard InChI is InChI=1S/C25H19N3O3/c29-28(30)16-9-10-24-19(13-16)25(11-12-31-24,20-14-26-22-7-3-1-5-17(20)22)21-15-27-23-8-4-2-6-18(21)23/h1-10,13-15,26-27H,11-12H2. The normalized spacial score (nSPS) is 15.0. The van der Waals surface area contributed by atoms with Gasteiger partial charge in [0.2, 0.25) is 0 Å². The fourth-order valence-electron chi connectivity index (χ4n) is 5.09. The number of fused-ring (bicyclic) bond motifs is 3. The van der Waals surface area contributed by atoms with Gasteiger partial charge in [-0.1, -0.05) is 36.4 Å². The summed E-state index contributed by atoms with van der Waals surface area (Å²) in [5.41, 5.74) is 4.55. The Morgan fingerprint density at radius 2 is 1.45 bits per heavy atom. The van der Waals surface area contributed by atoms with Gasteiger partial charge in [0, 0.05) is 51.9 Å². The van der Waals surface area contributed by atoms with Crippen LogP contribution in [0.15, 0.2) is 79.1 Å². The second-order valence-corrected chi connectivity index (χ2v) is 7.94. The number of nitrogens with one attached hydrogen (secondary N) is 2. The monoisotopic (exact) mass is 409 g/mol. The van der Waals surface area contributed by atoms with Crippen LogP contribution in [-0.2, 0) is 5.41 Å². The molecular formula is C25H19N3O3. The van der Waals surface area contributed by atoms with Gasteiger partial charge < -0.3 is 14.7 Å². The molecule has 2 aromatic heterocycles. The van der Waals surface area contributed by atoms with E-state index in [4.69, 9.17) is 4.74 Å². The van der Waals surface area contributed by atoms with E-state index in [1.54, 1.807) is 12.1 Å². The van der Waals surface area contributed by atoms with Crippen LogP contribution in [0.25, 0.3) is 21.8 Å². The Labute approximate surface area is 177 Å². The molecule has 152 valence electrons. The summed E-state index contributed by atoms with van der Waals surface area (Å²) in [6, 6.07) is 21.3. The fourth-order valence-corrected chi connectivity index (χ4v) is 5.09. The maximum Gasteiger partial charge on any atom is 0.270 e. The molecule has 0 unspecified atom stereocenters. The van der Waals surface area contributed by atoms with Crippen molar-refractivity contribution >= 4 is 27.5 Å². The third kappa shape index (κ3) is 2.45. The van der Waals surface area contributed by atoms with Crippen molar-refractivity contribution in [2.45, 2.75) is 11.8 Å². The Morgan fingerprint density at radius 3 is 2.06 bits per heavy atom. The van der Waals surface area contributed by atoms with E-state index in [1.165, 1.54) is 6.07 Å². The number of ether oxygens (including phenoxy) is 1. The number of hydrogen-bond donors (Lipinski definition) is 2. The molecule has 6 nitrogen and oxygen atoms in total. The highest BCUT2D eigenvalue weighted by Crippen LogP contribution is 2.52. The minimum Gasteiger partial charge on any atom is -0.493 e. The van der Waals surface area contributed by atoms with Crippen LogP contribution in [0.2, 0.25) is 0 Å². The average Bonchev–Trinajstić information content (AvgIpc) is 3.43. The lowest BCUT2D eigenvalue weighted by molar-refractivity contribution is -0.385. The van der Waals surface area contributed by atoms with Gasteiger partial charge in [-0.15, -0.1) is 0 Å². The van der Waals surface area contributed by atoms with Crippen molar-refractivity contribution in [1.29, 1.82) is 0 Å². The van der Waals surface area contributed by atoms with Crippen molar-refractivity contribution in [3.05, 3.63) is 106 Å². The number of nitro benzene ring substituents is 1. The third-order valence-corrected chi connectivity index (χ3v) is 6.47. The Morgan fingerprint density at radius 1 is 0.839 bits per heavy atom. The zero-order valence-corrected chi connectivity index (χ0v) is 16.6. The molecule has 0 saturated carbocycles.